The Labute approximate surface area is 209 Å². The summed E-state index contributed by atoms with van der Waals surface area (Å²) in [4.78, 5) is 20.8. The number of hydrogen-bond acceptors (Lipinski definition) is 5. The van der Waals surface area contributed by atoms with Gasteiger partial charge in [-0.15, -0.1) is 0 Å². The number of benzene rings is 1. The highest BCUT2D eigenvalue weighted by atomic mass is 19.4. The van der Waals surface area contributed by atoms with Gasteiger partial charge in [0.25, 0.3) is 11.8 Å². The Bertz CT molecular complexity index is 1300. The van der Waals surface area contributed by atoms with Crippen molar-refractivity contribution in [3.63, 3.8) is 0 Å². The summed E-state index contributed by atoms with van der Waals surface area (Å²) in [6.45, 7) is -0.0952. The number of rotatable bonds is 8. The lowest BCUT2D eigenvalue weighted by Crippen LogP contribution is -2.30. The number of alkyl halides is 8. The van der Waals surface area contributed by atoms with Crippen LogP contribution in [-0.2, 0) is 12.1 Å². The van der Waals surface area contributed by atoms with Gasteiger partial charge in [0.05, 0.1) is 17.8 Å². The minimum Gasteiger partial charge on any atom is -0.483 e. The molecule has 1 fully saturated rings. The second-order valence-electron chi connectivity index (χ2n) is 8.68. The zero-order valence-corrected chi connectivity index (χ0v) is 19.4. The van der Waals surface area contributed by atoms with Gasteiger partial charge in [0.1, 0.15) is 12.1 Å². The summed E-state index contributed by atoms with van der Waals surface area (Å²) in [7, 11) is 0. The number of ether oxygens (including phenoxy) is 1. The molecule has 38 heavy (non-hydrogen) atoms. The molecule has 1 aliphatic carbocycles. The SMILES string of the molecule is CC(NC(=O)c1cc(C(F)(F)F)cc(C(F)(F)C2CC2)c1)c1ncnn1-c1ccc(OCC(F)(F)F)cn1. The lowest BCUT2D eigenvalue weighted by atomic mass is 9.97. The first kappa shape index (κ1) is 27.3. The molecule has 1 N–H and O–H groups in total. The third-order valence-corrected chi connectivity index (χ3v) is 5.65. The predicted molar refractivity (Wildman–Crippen MR) is 115 cm³/mol. The minimum absolute atomic E-state index is 0.0605. The van der Waals surface area contributed by atoms with Gasteiger partial charge in [-0.05, 0) is 50.1 Å². The molecule has 0 saturated heterocycles. The van der Waals surface area contributed by atoms with Crippen LogP contribution in [0.15, 0.2) is 42.9 Å². The quantitative estimate of drug-likeness (QED) is 0.369. The topological polar surface area (TPSA) is 81.9 Å². The summed E-state index contributed by atoms with van der Waals surface area (Å²) in [5, 5.41) is 6.35. The largest absolute Gasteiger partial charge is 0.483 e. The molecule has 0 radical (unpaired) electrons. The van der Waals surface area contributed by atoms with Crippen LogP contribution in [-0.4, -0.2) is 38.4 Å². The molecule has 3 aromatic rings. The van der Waals surface area contributed by atoms with E-state index in [9.17, 15) is 39.9 Å². The highest BCUT2D eigenvalue weighted by Gasteiger charge is 2.49. The predicted octanol–water partition coefficient (Wildman–Crippen LogP) is 5.62. The molecule has 1 unspecified atom stereocenters. The maximum absolute atomic E-state index is 14.6. The van der Waals surface area contributed by atoms with Crippen LogP contribution in [0.4, 0.5) is 35.1 Å². The van der Waals surface area contributed by atoms with Gasteiger partial charge >= 0.3 is 12.4 Å². The number of nitrogens with one attached hydrogen (secondary N) is 1. The monoisotopic (exact) mass is 549 g/mol. The lowest BCUT2D eigenvalue weighted by molar-refractivity contribution is -0.153. The lowest BCUT2D eigenvalue weighted by Gasteiger charge is -2.20. The molecule has 1 aliphatic rings. The van der Waals surface area contributed by atoms with E-state index in [1.54, 1.807) is 0 Å². The Morgan fingerprint density at radius 1 is 1.05 bits per heavy atom. The van der Waals surface area contributed by atoms with Crippen molar-refractivity contribution in [2.45, 2.75) is 44.1 Å². The van der Waals surface area contributed by atoms with E-state index >= 15 is 0 Å². The first-order chi connectivity index (χ1) is 17.6. The van der Waals surface area contributed by atoms with E-state index in [2.05, 4.69) is 25.1 Å². The van der Waals surface area contributed by atoms with Crippen molar-refractivity contribution >= 4 is 5.91 Å². The summed E-state index contributed by atoms with van der Waals surface area (Å²) < 4.78 is 112. The fourth-order valence-electron chi connectivity index (χ4n) is 3.61. The van der Waals surface area contributed by atoms with Gasteiger partial charge in [-0.2, -0.15) is 36.1 Å². The molecule has 1 saturated carbocycles. The molecule has 1 amide bonds. The van der Waals surface area contributed by atoms with Crippen molar-refractivity contribution in [1.82, 2.24) is 25.1 Å². The molecule has 0 aliphatic heterocycles. The first-order valence-corrected chi connectivity index (χ1v) is 11.1. The van der Waals surface area contributed by atoms with Gasteiger partial charge in [0.2, 0.25) is 0 Å². The maximum Gasteiger partial charge on any atom is 0.422 e. The average molecular weight is 549 g/mol. The fraction of sp³-hybridized carbons (Fsp3) is 0.391. The van der Waals surface area contributed by atoms with Crippen LogP contribution in [0.1, 0.15) is 53.1 Å². The summed E-state index contributed by atoms with van der Waals surface area (Å²) in [5.41, 5.74) is -2.89. The summed E-state index contributed by atoms with van der Waals surface area (Å²) in [6.07, 6.45) is -7.06. The Balaban J connectivity index is 1.54. The smallest absolute Gasteiger partial charge is 0.422 e. The molecule has 2 aromatic heterocycles. The van der Waals surface area contributed by atoms with Gasteiger partial charge in [-0.1, -0.05) is 0 Å². The second-order valence-corrected chi connectivity index (χ2v) is 8.68. The number of carbonyl (C=O) groups excluding carboxylic acids is 1. The number of pyridine rings is 1. The van der Waals surface area contributed by atoms with Gasteiger partial charge < -0.3 is 10.1 Å². The maximum atomic E-state index is 14.6. The highest BCUT2D eigenvalue weighted by Crippen LogP contribution is 2.50. The standard InChI is InChI=1S/C23H19F8N5O2/c1-12(19-33-11-34-36(19)18-5-4-17(9-32-18)38-10-21(24,25)26)35-20(37)13-6-15(22(27,28)14-2-3-14)8-16(7-13)23(29,30)31/h4-9,11-12,14H,2-3,10H2,1H3,(H,35,37). The third-order valence-electron chi connectivity index (χ3n) is 5.65. The number of nitrogens with zero attached hydrogens (tertiary/aromatic N) is 4. The van der Waals surface area contributed by atoms with E-state index in [0.717, 1.165) is 23.3 Å². The van der Waals surface area contributed by atoms with Crippen LogP contribution >= 0.6 is 0 Å². The van der Waals surface area contributed by atoms with E-state index < -0.39 is 59.4 Å². The Morgan fingerprint density at radius 3 is 2.32 bits per heavy atom. The Kier molecular flexibility index (Phi) is 7.05. The van der Waals surface area contributed by atoms with E-state index in [-0.39, 0.29) is 30.2 Å². The minimum atomic E-state index is -4.96. The summed E-state index contributed by atoms with van der Waals surface area (Å²) >= 11 is 0. The van der Waals surface area contributed by atoms with Crippen molar-refractivity contribution in [2.75, 3.05) is 6.61 Å². The second kappa shape index (κ2) is 9.83. The normalized spacial score (nSPS) is 15.3. The first-order valence-electron chi connectivity index (χ1n) is 11.1. The van der Waals surface area contributed by atoms with E-state index in [1.165, 1.54) is 19.1 Å². The molecule has 0 spiro atoms. The van der Waals surface area contributed by atoms with Gasteiger partial charge in [0, 0.05) is 17.0 Å². The zero-order valence-electron chi connectivity index (χ0n) is 19.4. The number of carbonyl (C=O) groups is 1. The molecule has 0 bridgehead atoms. The zero-order chi connectivity index (χ0) is 27.9. The fourth-order valence-corrected chi connectivity index (χ4v) is 3.61. The van der Waals surface area contributed by atoms with Crippen molar-refractivity contribution in [2.24, 2.45) is 5.92 Å². The number of amides is 1. The molecule has 7 nitrogen and oxygen atoms in total. The van der Waals surface area contributed by atoms with Crippen LogP contribution in [0, 0.1) is 5.92 Å². The molecular formula is C23H19F8N5O2. The van der Waals surface area contributed by atoms with Gasteiger partial charge in [0.15, 0.2) is 18.2 Å². The molecule has 2 heterocycles. The molecule has 1 aromatic carbocycles. The number of hydrogen-bond donors (Lipinski definition) is 1. The van der Waals surface area contributed by atoms with Crippen LogP contribution in [0.25, 0.3) is 5.82 Å². The molecule has 204 valence electrons. The molecular weight excluding hydrogens is 530 g/mol. The number of aromatic nitrogens is 4. The number of halogens is 8. The molecule has 4 rings (SSSR count). The average Bonchev–Trinajstić information content (AvgIpc) is 3.59. The van der Waals surface area contributed by atoms with Crippen LogP contribution < -0.4 is 10.1 Å². The summed E-state index contributed by atoms with van der Waals surface area (Å²) in [5.74, 6) is -5.69. The Morgan fingerprint density at radius 2 is 1.74 bits per heavy atom. The van der Waals surface area contributed by atoms with E-state index in [4.69, 9.17) is 0 Å². The van der Waals surface area contributed by atoms with Gasteiger partial charge in [-0.25, -0.2) is 18.7 Å². The van der Waals surface area contributed by atoms with E-state index in [0.29, 0.717) is 12.1 Å². The van der Waals surface area contributed by atoms with E-state index in [1.807, 2.05) is 0 Å². The van der Waals surface area contributed by atoms with Crippen LogP contribution in [0.2, 0.25) is 0 Å². The third kappa shape index (κ3) is 6.19. The van der Waals surface area contributed by atoms with Crippen molar-refractivity contribution in [1.29, 1.82) is 0 Å². The highest BCUT2D eigenvalue weighted by molar-refractivity contribution is 5.95. The van der Waals surface area contributed by atoms with Gasteiger partial charge in [-0.3, -0.25) is 4.79 Å². The van der Waals surface area contributed by atoms with Crippen molar-refractivity contribution in [3.05, 3.63) is 65.4 Å². The summed E-state index contributed by atoms with van der Waals surface area (Å²) in [6, 6.07) is 3.06. The molecule has 1 atom stereocenters. The van der Waals surface area contributed by atoms with Crippen molar-refractivity contribution < 1.29 is 44.7 Å². The van der Waals surface area contributed by atoms with Crippen LogP contribution in [0.5, 0.6) is 5.75 Å². The Hall–Kier alpha value is -3.78. The van der Waals surface area contributed by atoms with Crippen LogP contribution in [0.3, 0.4) is 0 Å². The molecule has 15 heteroatoms. The van der Waals surface area contributed by atoms with Crippen molar-refractivity contribution in [3.8, 4) is 11.6 Å².